The number of likely N-dealkylation sites (tertiary alicyclic amines) is 1. The van der Waals surface area contributed by atoms with Gasteiger partial charge in [0.1, 0.15) is 17.3 Å². The first-order chi connectivity index (χ1) is 18.7. The first kappa shape index (κ1) is 27.4. The summed E-state index contributed by atoms with van der Waals surface area (Å²) in [4.78, 5) is 22.4. The lowest BCUT2D eigenvalue weighted by atomic mass is 10.0. The fourth-order valence-electron chi connectivity index (χ4n) is 5.30. The number of ether oxygens (including phenoxy) is 2. The molecule has 11 heteroatoms. The maximum atomic E-state index is 12.5. The van der Waals surface area contributed by atoms with E-state index in [1.807, 2.05) is 18.2 Å². The van der Waals surface area contributed by atoms with Gasteiger partial charge < -0.3 is 24.6 Å². The molecule has 210 valence electrons. The number of halogens is 3. The van der Waals surface area contributed by atoms with Gasteiger partial charge in [-0.25, -0.2) is 4.98 Å². The van der Waals surface area contributed by atoms with Crippen molar-refractivity contribution in [1.82, 2.24) is 9.88 Å². The summed E-state index contributed by atoms with van der Waals surface area (Å²) < 4.78 is 47.2. The van der Waals surface area contributed by atoms with Gasteiger partial charge >= 0.3 is 0 Å². The van der Waals surface area contributed by atoms with Crippen molar-refractivity contribution in [1.29, 1.82) is 0 Å². The third kappa shape index (κ3) is 7.27. The Balaban J connectivity index is 1.15. The Labute approximate surface area is 228 Å². The number of benzene rings is 2. The number of carbonyl (C=O) groups is 1. The molecule has 3 aromatic rings. The quantitative estimate of drug-likeness (QED) is 0.325. The number of rotatable bonds is 9. The van der Waals surface area contributed by atoms with Crippen molar-refractivity contribution in [2.24, 2.45) is 0 Å². The van der Waals surface area contributed by atoms with Crippen LogP contribution in [0, 0.1) is 6.92 Å². The highest BCUT2D eigenvalue weighted by Crippen LogP contribution is 2.52. The molecule has 0 radical (unpaired) electrons. The van der Waals surface area contributed by atoms with Crippen LogP contribution in [0.5, 0.6) is 11.5 Å². The van der Waals surface area contributed by atoms with Crippen LogP contribution in [0.1, 0.15) is 31.2 Å². The molecule has 0 unspecified atom stereocenters. The SMILES string of the molecule is Cc1cc(N2CCC(N3CCCC3)CC2)nc2ccc(NC(=O)COc3ccc(OCS(F)(F)F)cc3)cc12. The molecule has 0 bridgehead atoms. The third-order valence-electron chi connectivity index (χ3n) is 7.28. The molecule has 2 fully saturated rings. The van der Waals surface area contributed by atoms with Crippen molar-refractivity contribution in [3.63, 3.8) is 0 Å². The Morgan fingerprint density at radius 1 is 0.974 bits per heavy atom. The van der Waals surface area contributed by atoms with Crippen molar-refractivity contribution < 1.29 is 25.9 Å². The maximum absolute atomic E-state index is 12.5. The molecule has 0 saturated carbocycles. The van der Waals surface area contributed by atoms with Gasteiger partial charge in [-0.15, -0.1) is 11.7 Å². The Hall–Kier alpha value is -3.18. The zero-order valence-electron chi connectivity index (χ0n) is 21.9. The molecule has 1 amide bonds. The minimum Gasteiger partial charge on any atom is -0.484 e. The number of carbonyl (C=O) groups excluding carboxylic acids is 1. The van der Waals surface area contributed by atoms with Gasteiger partial charge in [-0.1, -0.05) is 0 Å². The van der Waals surface area contributed by atoms with Gasteiger partial charge in [0.25, 0.3) is 5.91 Å². The van der Waals surface area contributed by atoms with Crippen LogP contribution in [0.15, 0.2) is 48.5 Å². The molecule has 1 aromatic heterocycles. The molecule has 2 saturated heterocycles. The Morgan fingerprint density at radius 2 is 1.64 bits per heavy atom. The summed E-state index contributed by atoms with van der Waals surface area (Å²) in [6, 6.07) is 14.1. The van der Waals surface area contributed by atoms with E-state index in [-0.39, 0.29) is 18.3 Å². The lowest BCUT2D eigenvalue weighted by molar-refractivity contribution is -0.118. The second kappa shape index (κ2) is 11.9. The van der Waals surface area contributed by atoms with Crippen molar-refractivity contribution >= 4 is 39.5 Å². The standard InChI is InChI=1S/C28H33F3N4O3S/c1-20-16-27(35-14-10-22(11-15-35)34-12-2-3-13-34)33-26-9-4-21(17-25(20)26)32-28(36)18-37-23-5-7-24(8-6-23)38-19-39(29,30)31/h4-9,16-17,22H,2-3,10-15,18-19H2,1H3,(H,32,36). The lowest BCUT2D eigenvalue weighted by Crippen LogP contribution is -2.44. The van der Waals surface area contributed by atoms with Crippen LogP contribution in [-0.2, 0) is 4.79 Å². The number of nitrogens with one attached hydrogen (secondary N) is 1. The summed E-state index contributed by atoms with van der Waals surface area (Å²) in [6.45, 7) is 6.31. The number of piperidine rings is 1. The first-order valence-corrected chi connectivity index (χ1v) is 14.7. The summed E-state index contributed by atoms with van der Waals surface area (Å²) in [7, 11) is 0. The molecule has 39 heavy (non-hydrogen) atoms. The average Bonchev–Trinajstić information content (AvgIpc) is 3.46. The van der Waals surface area contributed by atoms with Gasteiger partial charge in [0.2, 0.25) is 11.2 Å². The van der Waals surface area contributed by atoms with Crippen LogP contribution in [0.3, 0.4) is 0 Å². The molecular formula is C28H33F3N4O3S. The Morgan fingerprint density at radius 3 is 2.31 bits per heavy atom. The third-order valence-corrected chi connectivity index (χ3v) is 7.67. The molecule has 7 nitrogen and oxygen atoms in total. The molecule has 5 rings (SSSR count). The summed E-state index contributed by atoms with van der Waals surface area (Å²) >= 11 is -5.23. The summed E-state index contributed by atoms with van der Waals surface area (Å²) in [5.74, 6) is -0.187. The minimum atomic E-state index is -5.23. The van der Waals surface area contributed by atoms with E-state index in [0.717, 1.165) is 35.4 Å². The second-order valence-corrected chi connectivity index (χ2v) is 11.3. The molecule has 1 N–H and O–H groups in total. The monoisotopic (exact) mass is 562 g/mol. The van der Waals surface area contributed by atoms with Crippen LogP contribution in [0.25, 0.3) is 10.9 Å². The molecule has 2 aromatic carbocycles. The van der Waals surface area contributed by atoms with Crippen LogP contribution in [-0.4, -0.2) is 60.6 Å². The molecule has 0 aliphatic carbocycles. The van der Waals surface area contributed by atoms with E-state index in [1.54, 1.807) is 0 Å². The zero-order chi connectivity index (χ0) is 27.4. The maximum Gasteiger partial charge on any atom is 0.262 e. The van der Waals surface area contributed by atoms with E-state index in [2.05, 4.69) is 28.1 Å². The van der Waals surface area contributed by atoms with Crippen LogP contribution in [0.4, 0.5) is 23.2 Å². The van der Waals surface area contributed by atoms with Crippen molar-refractivity contribution in [2.75, 3.05) is 48.9 Å². The van der Waals surface area contributed by atoms with Gasteiger partial charge in [0.15, 0.2) is 12.5 Å². The molecule has 0 atom stereocenters. The number of nitrogens with zero attached hydrogens (tertiary/aromatic N) is 3. The minimum absolute atomic E-state index is 0.0893. The van der Waals surface area contributed by atoms with Crippen LogP contribution < -0.4 is 19.7 Å². The van der Waals surface area contributed by atoms with E-state index in [4.69, 9.17) is 14.5 Å². The van der Waals surface area contributed by atoms with E-state index in [9.17, 15) is 16.5 Å². The number of aromatic nitrogens is 1. The number of pyridine rings is 1. The topological polar surface area (TPSA) is 66.9 Å². The van der Waals surface area contributed by atoms with Gasteiger partial charge in [0, 0.05) is 30.2 Å². The van der Waals surface area contributed by atoms with Crippen molar-refractivity contribution in [3.05, 3.63) is 54.1 Å². The highest BCUT2D eigenvalue weighted by atomic mass is 32.3. The molecule has 3 heterocycles. The second-order valence-electron chi connectivity index (χ2n) is 10.1. The zero-order valence-corrected chi connectivity index (χ0v) is 22.7. The predicted molar refractivity (Wildman–Crippen MR) is 149 cm³/mol. The number of hydrogen-bond donors (Lipinski definition) is 1. The Kier molecular flexibility index (Phi) is 8.37. The summed E-state index contributed by atoms with van der Waals surface area (Å²) in [6.07, 6.45) is 4.98. The highest BCUT2D eigenvalue weighted by molar-refractivity contribution is 8.20. The number of amides is 1. The van der Waals surface area contributed by atoms with Gasteiger partial charge in [0.05, 0.1) is 5.52 Å². The van der Waals surface area contributed by atoms with Gasteiger partial charge in [-0.05, 0) is 99.8 Å². The van der Waals surface area contributed by atoms with Gasteiger partial charge in [-0.2, -0.15) is 0 Å². The number of anilines is 2. The Bertz CT molecular complexity index is 1290. The fourth-order valence-corrected chi connectivity index (χ4v) is 5.57. The molecule has 0 spiro atoms. The average molecular weight is 563 g/mol. The van der Waals surface area contributed by atoms with E-state index < -0.39 is 17.1 Å². The summed E-state index contributed by atoms with van der Waals surface area (Å²) in [5, 5.41) is 3.81. The number of aryl methyl sites for hydroxylation is 1. The predicted octanol–water partition coefficient (Wildman–Crippen LogP) is 6.42. The first-order valence-electron chi connectivity index (χ1n) is 13.2. The fraction of sp³-hybridized carbons (Fsp3) is 0.429. The van der Waals surface area contributed by atoms with E-state index in [0.29, 0.717) is 17.5 Å². The number of hydrogen-bond acceptors (Lipinski definition) is 6. The highest BCUT2D eigenvalue weighted by Gasteiger charge is 2.27. The smallest absolute Gasteiger partial charge is 0.262 e. The lowest BCUT2D eigenvalue weighted by Gasteiger charge is -2.37. The summed E-state index contributed by atoms with van der Waals surface area (Å²) in [5.41, 5.74) is 2.62. The largest absolute Gasteiger partial charge is 0.484 e. The van der Waals surface area contributed by atoms with Crippen molar-refractivity contribution in [2.45, 2.75) is 38.6 Å². The van der Waals surface area contributed by atoms with Crippen LogP contribution in [0.2, 0.25) is 0 Å². The normalized spacial score (nSPS) is 17.4. The molecule has 2 aliphatic heterocycles. The molecular weight excluding hydrogens is 529 g/mol. The van der Waals surface area contributed by atoms with Crippen LogP contribution >= 0.6 is 11.2 Å². The van der Waals surface area contributed by atoms with Gasteiger partial charge in [-0.3, -0.25) is 4.79 Å². The van der Waals surface area contributed by atoms with E-state index in [1.165, 1.54) is 63.0 Å². The van der Waals surface area contributed by atoms with E-state index >= 15 is 0 Å². The van der Waals surface area contributed by atoms with Crippen molar-refractivity contribution in [3.8, 4) is 11.5 Å². The number of fused-ring (bicyclic) bond motifs is 1. The molecule has 2 aliphatic rings.